The van der Waals surface area contributed by atoms with Gasteiger partial charge >= 0.3 is 0 Å². The van der Waals surface area contributed by atoms with Crippen LogP contribution >= 0.6 is 0 Å². The Labute approximate surface area is 122 Å². The third kappa shape index (κ3) is 2.60. The van der Waals surface area contributed by atoms with Crippen LogP contribution < -0.4 is 10.6 Å². The lowest BCUT2D eigenvalue weighted by atomic mass is 9.94. The van der Waals surface area contributed by atoms with Gasteiger partial charge in [-0.3, -0.25) is 0 Å². The predicted molar refractivity (Wildman–Crippen MR) is 86.0 cm³/mol. The lowest BCUT2D eigenvalue weighted by Crippen LogP contribution is -2.18. The first kappa shape index (κ1) is 13.3. The van der Waals surface area contributed by atoms with Gasteiger partial charge in [0.25, 0.3) is 0 Å². The highest BCUT2D eigenvalue weighted by Gasteiger charge is 2.25. The Morgan fingerprint density at radius 3 is 1.60 bits per heavy atom. The second-order valence-electron chi connectivity index (χ2n) is 7.38. The van der Waals surface area contributed by atoms with Gasteiger partial charge in [-0.25, -0.2) is 0 Å². The van der Waals surface area contributed by atoms with Crippen molar-refractivity contribution < 1.29 is 0 Å². The highest BCUT2D eigenvalue weighted by molar-refractivity contribution is 5.73. The minimum absolute atomic E-state index is 0.248. The molecular weight excluding hydrogens is 244 g/mol. The summed E-state index contributed by atoms with van der Waals surface area (Å²) in [5, 5.41) is 7.04. The molecule has 0 saturated heterocycles. The van der Waals surface area contributed by atoms with Gasteiger partial charge in [-0.2, -0.15) is 0 Å². The second kappa shape index (κ2) is 4.41. The molecule has 0 bridgehead atoms. The molecule has 0 radical (unpaired) electrons. The van der Waals surface area contributed by atoms with E-state index in [1.165, 1.54) is 22.5 Å². The average molecular weight is 268 g/mol. The molecule has 20 heavy (non-hydrogen) atoms. The van der Waals surface area contributed by atoms with Crippen molar-refractivity contribution in [1.29, 1.82) is 0 Å². The summed E-state index contributed by atoms with van der Waals surface area (Å²) in [4.78, 5) is 0. The van der Waals surface area contributed by atoms with Crippen LogP contribution in [0.4, 0.5) is 0 Å². The van der Waals surface area contributed by atoms with Crippen LogP contribution in [0.1, 0.15) is 38.8 Å². The zero-order valence-corrected chi connectivity index (χ0v) is 12.9. The lowest BCUT2D eigenvalue weighted by molar-refractivity contribution is 0.497. The van der Waals surface area contributed by atoms with Gasteiger partial charge in [-0.1, -0.05) is 58.0 Å². The van der Waals surface area contributed by atoms with E-state index in [1.807, 2.05) is 0 Å². The summed E-state index contributed by atoms with van der Waals surface area (Å²) in [6.07, 6.45) is 4.68. The molecule has 0 fully saturated rings. The summed E-state index contributed by atoms with van der Waals surface area (Å²) >= 11 is 0. The lowest BCUT2D eigenvalue weighted by Gasteiger charge is -2.11. The van der Waals surface area contributed by atoms with Gasteiger partial charge in [0.2, 0.25) is 0 Å². The van der Waals surface area contributed by atoms with E-state index in [-0.39, 0.29) is 10.8 Å². The van der Waals surface area contributed by atoms with Crippen molar-refractivity contribution in [2.24, 2.45) is 10.8 Å². The van der Waals surface area contributed by atoms with Crippen LogP contribution in [-0.4, -0.2) is 13.1 Å². The van der Waals surface area contributed by atoms with Crippen LogP contribution in [0.2, 0.25) is 0 Å². The largest absolute Gasteiger partial charge is 0.384 e. The Kier molecular flexibility index (Phi) is 2.93. The van der Waals surface area contributed by atoms with E-state index in [1.54, 1.807) is 0 Å². The Balaban J connectivity index is 1.92. The first-order chi connectivity index (χ1) is 9.35. The van der Waals surface area contributed by atoms with Crippen LogP contribution in [0.3, 0.4) is 0 Å². The summed E-state index contributed by atoms with van der Waals surface area (Å²) < 4.78 is 0. The molecule has 3 rings (SSSR count). The molecule has 0 unspecified atom stereocenters. The molecule has 0 aromatic heterocycles. The Morgan fingerprint density at radius 1 is 0.800 bits per heavy atom. The van der Waals surface area contributed by atoms with Gasteiger partial charge in [0.05, 0.1) is 0 Å². The van der Waals surface area contributed by atoms with Crippen LogP contribution in [0, 0.1) is 10.8 Å². The Hall–Kier alpha value is -1.70. The van der Waals surface area contributed by atoms with Crippen molar-refractivity contribution in [3.8, 4) is 0 Å². The number of hydrogen-bond acceptors (Lipinski definition) is 2. The van der Waals surface area contributed by atoms with Crippen molar-refractivity contribution in [3.05, 3.63) is 47.5 Å². The molecule has 2 nitrogen and oxygen atoms in total. The molecule has 1 aromatic rings. The summed E-state index contributed by atoms with van der Waals surface area (Å²) in [6.45, 7) is 11.1. The van der Waals surface area contributed by atoms with Crippen LogP contribution in [0.5, 0.6) is 0 Å². The molecule has 0 aliphatic carbocycles. The second-order valence-corrected chi connectivity index (χ2v) is 7.38. The molecule has 0 atom stereocenters. The normalized spacial score (nSPS) is 22.8. The van der Waals surface area contributed by atoms with Crippen LogP contribution in [0.15, 0.2) is 36.4 Å². The Morgan fingerprint density at radius 2 is 1.25 bits per heavy atom. The molecule has 2 aliphatic rings. The van der Waals surface area contributed by atoms with E-state index in [2.05, 4.69) is 74.7 Å². The molecule has 0 amide bonds. The molecular formula is C18H24N2. The van der Waals surface area contributed by atoms with Gasteiger partial charge in [-0.15, -0.1) is 0 Å². The highest BCUT2D eigenvalue weighted by Crippen LogP contribution is 2.32. The summed E-state index contributed by atoms with van der Waals surface area (Å²) in [5.41, 5.74) is 5.57. The van der Waals surface area contributed by atoms with Crippen LogP contribution in [0.25, 0.3) is 11.4 Å². The van der Waals surface area contributed by atoms with Gasteiger partial charge < -0.3 is 10.6 Å². The van der Waals surface area contributed by atoms with Gasteiger partial charge in [0.1, 0.15) is 0 Å². The topological polar surface area (TPSA) is 24.1 Å². The number of rotatable bonds is 2. The van der Waals surface area contributed by atoms with Crippen LogP contribution in [-0.2, 0) is 0 Å². The quantitative estimate of drug-likeness (QED) is 0.856. The maximum absolute atomic E-state index is 3.52. The summed E-state index contributed by atoms with van der Waals surface area (Å²) in [7, 11) is 0. The predicted octanol–water partition coefficient (Wildman–Crippen LogP) is 3.63. The van der Waals surface area contributed by atoms with Crippen molar-refractivity contribution in [2.75, 3.05) is 13.1 Å². The van der Waals surface area contributed by atoms with Crippen molar-refractivity contribution in [1.82, 2.24) is 10.6 Å². The van der Waals surface area contributed by atoms with Gasteiger partial charge in [-0.05, 0) is 17.2 Å². The number of nitrogens with one attached hydrogen (secondary N) is 2. The molecule has 106 valence electrons. The van der Waals surface area contributed by atoms with Gasteiger partial charge in [0.15, 0.2) is 0 Å². The third-order valence-corrected chi connectivity index (χ3v) is 4.02. The maximum Gasteiger partial charge on any atom is 0.0379 e. The van der Waals surface area contributed by atoms with E-state index < -0.39 is 0 Å². The minimum Gasteiger partial charge on any atom is -0.384 e. The molecule has 0 saturated carbocycles. The first-order valence-electron chi connectivity index (χ1n) is 7.39. The fourth-order valence-corrected chi connectivity index (χ4v) is 2.86. The maximum atomic E-state index is 3.52. The monoisotopic (exact) mass is 268 g/mol. The average Bonchev–Trinajstić information content (AvgIpc) is 2.92. The molecule has 2 aliphatic heterocycles. The first-order valence-corrected chi connectivity index (χ1v) is 7.39. The molecule has 2 heteroatoms. The smallest absolute Gasteiger partial charge is 0.0379 e. The van der Waals surface area contributed by atoms with E-state index in [0.29, 0.717) is 0 Å². The zero-order chi connectivity index (χ0) is 14.4. The highest BCUT2D eigenvalue weighted by atomic mass is 14.9. The molecule has 2 N–H and O–H groups in total. The zero-order valence-electron chi connectivity index (χ0n) is 12.9. The Bertz CT molecular complexity index is 542. The fourth-order valence-electron chi connectivity index (χ4n) is 2.86. The molecule has 1 aromatic carbocycles. The van der Waals surface area contributed by atoms with Crippen molar-refractivity contribution in [3.63, 3.8) is 0 Å². The number of hydrogen-bond donors (Lipinski definition) is 2. The van der Waals surface area contributed by atoms with E-state index in [4.69, 9.17) is 0 Å². The van der Waals surface area contributed by atoms with E-state index >= 15 is 0 Å². The summed E-state index contributed by atoms with van der Waals surface area (Å²) in [5.74, 6) is 0. The van der Waals surface area contributed by atoms with Crippen molar-refractivity contribution in [2.45, 2.75) is 27.7 Å². The SMILES string of the molecule is CC1(C)C=C(c2cccc(C3=CC(C)(C)CN3)c2)NC1. The van der Waals surface area contributed by atoms with E-state index in [0.717, 1.165) is 13.1 Å². The third-order valence-electron chi connectivity index (χ3n) is 4.02. The molecule has 2 heterocycles. The van der Waals surface area contributed by atoms with Crippen molar-refractivity contribution >= 4 is 11.4 Å². The van der Waals surface area contributed by atoms with E-state index in [9.17, 15) is 0 Å². The minimum atomic E-state index is 0.248. The molecule has 0 spiro atoms. The fraction of sp³-hybridized carbons (Fsp3) is 0.444. The standard InChI is InChI=1S/C18H24N2/c1-17(2)9-15(19-11-17)13-6-5-7-14(8-13)16-10-18(3,4)12-20-16/h5-10,19-20H,11-12H2,1-4H3. The summed E-state index contributed by atoms with van der Waals surface area (Å²) in [6, 6.07) is 8.79. The number of benzene rings is 1. The van der Waals surface area contributed by atoms with Gasteiger partial charge in [0, 0.05) is 35.3 Å².